The van der Waals surface area contributed by atoms with Gasteiger partial charge in [0.2, 0.25) is 18.6 Å². The summed E-state index contributed by atoms with van der Waals surface area (Å²) in [5, 5.41) is 5.55. The van der Waals surface area contributed by atoms with Crippen molar-refractivity contribution >= 4 is 17.5 Å². The first-order valence-corrected chi connectivity index (χ1v) is 8.52. The number of nitrogens with one attached hydrogen (secondary N) is 2. The topological polar surface area (TPSA) is 85.9 Å². The van der Waals surface area contributed by atoms with Crippen LogP contribution in [0.1, 0.15) is 19.4 Å². The maximum Gasteiger partial charge on any atom is 0.239 e. The molecule has 0 bridgehead atoms. The Balaban J connectivity index is 1.59. The number of hydrogen-bond acceptors (Lipinski definition) is 5. The predicted octanol–water partition coefficient (Wildman–Crippen LogP) is 2.71. The lowest BCUT2D eigenvalue weighted by atomic mass is 9.90. The third-order valence-electron chi connectivity index (χ3n) is 4.37. The quantitative estimate of drug-likeness (QED) is 0.764. The molecule has 0 aliphatic carbocycles. The number of ether oxygens (including phenoxy) is 3. The largest absolute Gasteiger partial charge is 0.497 e. The van der Waals surface area contributed by atoms with Crippen molar-refractivity contribution in [3.8, 4) is 17.2 Å². The highest BCUT2D eigenvalue weighted by Gasteiger charge is 2.36. The molecule has 7 heteroatoms. The molecule has 0 saturated heterocycles. The summed E-state index contributed by atoms with van der Waals surface area (Å²) in [6.45, 7) is 3.65. The highest BCUT2D eigenvalue weighted by molar-refractivity contribution is 6.09. The molecule has 0 saturated carbocycles. The van der Waals surface area contributed by atoms with Crippen molar-refractivity contribution in [2.24, 2.45) is 5.41 Å². The van der Waals surface area contributed by atoms with Crippen LogP contribution in [0.4, 0.5) is 5.69 Å². The number of rotatable bonds is 6. The van der Waals surface area contributed by atoms with Gasteiger partial charge in [0.1, 0.15) is 11.2 Å². The molecule has 0 unspecified atom stereocenters. The van der Waals surface area contributed by atoms with Crippen LogP contribution in [0.15, 0.2) is 42.5 Å². The van der Waals surface area contributed by atoms with Gasteiger partial charge in [-0.25, -0.2) is 0 Å². The van der Waals surface area contributed by atoms with Gasteiger partial charge in [0.15, 0.2) is 11.5 Å². The van der Waals surface area contributed by atoms with Crippen LogP contribution in [0.2, 0.25) is 0 Å². The van der Waals surface area contributed by atoms with E-state index in [2.05, 4.69) is 10.6 Å². The molecule has 142 valence electrons. The van der Waals surface area contributed by atoms with E-state index in [9.17, 15) is 9.59 Å². The summed E-state index contributed by atoms with van der Waals surface area (Å²) in [6, 6.07) is 12.4. The maximum absolute atomic E-state index is 12.6. The number of benzene rings is 2. The summed E-state index contributed by atoms with van der Waals surface area (Å²) >= 11 is 0. The summed E-state index contributed by atoms with van der Waals surface area (Å²) in [7, 11) is 1.57. The van der Waals surface area contributed by atoms with Crippen LogP contribution in [-0.2, 0) is 16.1 Å². The minimum absolute atomic E-state index is 0.198. The summed E-state index contributed by atoms with van der Waals surface area (Å²) in [5.74, 6) is 1.26. The zero-order valence-corrected chi connectivity index (χ0v) is 15.5. The van der Waals surface area contributed by atoms with Crippen LogP contribution >= 0.6 is 0 Å². The fourth-order valence-electron chi connectivity index (χ4n) is 2.52. The first kappa shape index (κ1) is 18.6. The Bertz CT molecular complexity index is 846. The monoisotopic (exact) mass is 370 g/mol. The first-order valence-electron chi connectivity index (χ1n) is 8.52. The van der Waals surface area contributed by atoms with Crippen LogP contribution in [0.25, 0.3) is 0 Å². The van der Waals surface area contributed by atoms with E-state index in [-0.39, 0.29) is 19.2 Å². The SMILES string of the molecule is COc1ccc(NC(=O)C(C)(C)C(=O)NCc2ccc3c(c2)OCO3)cc1. The molecule has 1 aliphatic heterocycles. The highest BCUT2D eigenvalue weighted by Crippen LogP contribution is 2.32. The Kier molecular flexibility index (Phi) is 5.21. The molecule has 2 aromatic carbocycles. The molecule has 2 amide bonds. The molecule has 1 heterocycles. The van der Waals surface area contributed by atoms with Gasteiger partial charge in [0.25, 0.3) is 0 Å². The normalized spacial score (nSPS) is 12.4. The van der Waals surface area contributed by atoms with Crippen LogP contribution < -0.4 is 24.8 Å². The van der Waals surface area contributed by atoms with Gasteiger partial charge in [-0.2, -0.15) is 0 Å². The summed E-state index contributed by atoms with van der Waals surface area (Å²) in [4.78, 5) is 25.1. The van der Waals surface area contributed by atoms with Crippen LogP contribution in [0, 0.1) is 5.41 Å². The van der Waals surface area contributed by atoms with Crippen LogP contribution in [0.5, 0.6) is 17.2 Å². The standard InChI is InChI=1S/C20H22N2O5/c1-20(2,19(24)22-14-5-7-15(25-3)8-6-14)18(23)21-11-13-4-9-16-17(10-13)27-12-26-16/h4-10H,11-12H2,1-3H3,(H,21,23)(H,22,24). The molecule has 3 rings (SSSR count). The second kappa shape index (κ2) is 7.57. The van der Waals surface area contributed by atoms with Gasteiger partial charge < -0.3 is 24.8 Å². The Morgan fingerprint density at radius 1 is 1.04 bits per heavy atom. The predicted molar refractivity (Wildman–Crippen MR) is 99.8 cm³/mol. The molecule has 0 spiro atoms. The van der Waals surface area contributed by atoms with Gasteiger partial charge >= 0.3 is 0 Å². The summed E-state index contributed by atoms with van der Waals surface area (Å²) in [6.07, 6.45) is 0. The first-order chi connectivity index (χ1) is 12.9. The van der Waals surface area contributed by atoms with Crippen molar-refractivity contribution in [3.05, 3.63) is 48.0 Å². The molecule has 0 aromatic heterocycles. The van der Waals surface area contributed by atoms with Gasteiger partial charge in [-0.05, 0) is 55.8 Å². The summed E-state index contributed by atoms with van der Waals surface area (Å²) < 4.78 is 15.7. The van der Waals surface area contributed by atoms with Gasteiger partial charge in [0, 0.05) is 12.2 Å². The minimum Gasteiger partial charge on any atom is -0.497 e. The molecule has 7 nitrogen and oxygen atoms in total. The van der Waals surface area contributed by atoms with E-state index in [1.165, 1.54) is 0 Å². The number of fused-ring (bicyclic) bond motifs is 1. The highest BCUT2D eigenvalue weighted by atomic mass is 16.7. The number of anilines is 1. The Hall–Kier alpha value is -3.22. The van der Waals surface area contributed by atoms with Crippen molar-refractivity contribution in [2.75, 3.05) is 19.2 Å². The number of methoxy groups -OCH3 is 1. The average molecular weight is 370 g/mol. The Labute approximate surface area is 157 Å². The molecule has 2 N–H and O–H groups in total. The average Bonchev–Trinajstić information content (AvgIpc) is 3.14. The lowest BCUT2D eigenvalue weighted by Gasteiger charge is -2.23. The molecule has 0 atom stereocenters. The van der Waals surface area contributed by atoms with Crippen LogP contribution in [-0.4, -0.2) is 25.7 Å². The second-order valence-corrected chi connectivity index (χ2v) is 6.68. The van der Waals surface area contributed by atoms with Gasteiger partial charge in [-0.15, -0.1) is 0 Å². The fraction of sp³-hybridized carbons (Fsp3) is 0.300. The number of amides is 2. The molecule has 27 heavy (non-hydrogen) atoms. The van der Waals surface area contributed by atoms with Crippen molar-refractivity contribution in [3.63, 3.8) is 0 Å². The van der Waals surface area contributed by atoms with Crippen molar-refractivity contribution < 1.29 is 23.8 Å². The van der Waals surface area contributed by atoms with Gasteiger partial charge in [0.05, 0.1) is 7.11 Å². The second-order valence-electron chi connectivity index (χ2n) is 6.68. The smallest absolute Gasteiger partial charge is 0.239 e. The number of carbonyl (C=O) groups is 2. The van der Waals surface area contributed by atoms with Crippen molar-refractivity contribution in [2.45, 2.75) is 20.4 Å². The number of carbonyl (C=O) groups excluding carboxylic acids is 2. The molecule has 0 radical (unpaired) electrons. The van der Waals surface area contributed by atoms with E-state index in [0.717, 1.165) is 5.56 Å². The Morgan fingerprint density at radius 3 is 2.44 bits per heavy atom. The zero-order chi connectivity index (χ0) is 19.4. The van der Waals surface area contributed by atoms with E-state index < -0.39 is 11.3 Å². The lowest BCUT2D eigenvalue weighted by molar-refractivity contribution is -0.138. The third-order valence-corrected chi connectivity index (χ3v) is 4.37. The van der Waals surface area contributed by atoms with Gasteiger partial charge in [-0.3, -0.25) is 9.59 Å². The molecule has 2 aromatic rings. The van der Waals surface area contributed by atoms with E-state index in [0.29, 0.717) is 22.9 Å². The Morgan fingerprint density at radius 2 is 1.74 bits per heavy atom. The van der Waals surface area contributed by atoms with Crippen molar-refractivity contribution in [1.29, 1.82) is 0 Å². The molecule has 1 aliphatic rings. The van der Waals surface area contributed by atoms with E-state index >= 15 is 0 Å². The van der Waals surface area contributed by atoms with Gasteiger partial charge in [-0.1, -0.05) is 6.07 Å². The number of hydrogen-bond donors (Lipinski definition) is 2. The van der Waals surface area contributed by atoms with Crippen LogP contribution in [0.3, 0.4) is 0 Å². The third kappa shape index (κ3) is 4.13. The van der Waals surface area contributed by atoms with Crippen molar-refractivity contribution in [1.82, 2.24) is 5.32 Å². The fourth-order valence-corrected chi connectivity index (χ4v) is 2.52. The maximum atomic E-state index is 12.6. The summed E-state index contributed by atoms with van der Waals surface area (Å²) in [5.41, 5.74) is 0.215. The molecular weight excluding hydrogens is 348 g/mol. The molecule has 0 fully saturated rings. The zero-order valence-electron chi connectivity index (χ0n) is 15.5. The van der Waals surface area contributed by atoms with E-state index in [4.69, 9.17) is 14.2 Å². The van der Waals surface area contributed by atoms with E-state index in [1.54, 1.807) is 51.3 Å². The molecular formula is C20H22N2O5. The minimum atomic E-state index is -1.24. The lowest BCUT2D eigenvalue weighted by Crippen LogP contribution is -2.44. The van der Waals surface area contributed by atoms with E-state index in [1.807, 2.05) is 12.1 Å².